The average molecular weight is 320 g/mol. The largest absolute Gasteiger partial charge is 0.340 e. The fourth-order valence-electron chi connectivity index (χ4n) is 4.01. The molecule has 0 radical (unpaired) electrons. The highest BCUT2D eigenvalue weighted by Crippen LogP contribution is 2.54. The van der Waals surface area contributed by atoms with E-state index in [2.05, 4.69) is 92.8 Å². The Labute approximate surface area is 143 Å². The van der Waals surface area contributed by atoms with E-state index in [4.69, 9.17) is 4.84 Å². The van der Waals surface area contributed by atoms with Crippen LogP contribution in [-0.2, 0) is 16.7 Å². The van der Waals surface area contributed by atoms with Gasteiger partial charge in [-0.1, -0.05) is 63.2 Å². The zero-order valence-electron chi connectivity index (χ0n) is 14.8. The van der Waals surface area contributed by atoms with Gasteiger partial charge in [0, 0.05) is 18.2 Å². The third kappa shape index (κ3) is 1.88. The van der Waals surface area contributed by atoms with Crippen molar-refractivity contribution in [1.82, 2.24) is 5.48 Å². The Kier molecular flexibility index (Phi) is 3.26. The quantitative estimate of drug-likeness (QED) is 0.895. The molecule has 0 unspecified atom stereocenters. The van der Waals surface area contributed by atoms with Crippen LogP contribution in [-0.4, -0.2) is 12.8 Å². The first-order valence-corrected chi connectivity index (χ1v) is 8.59. The molecule has 1 spiro atoms. The van der Waals surface area contributed by atoms with Crippen LogP contribution in [0.1, 0.15) is 37.5 Å². The summed E-state index contributed by atoms with van der Waals surface area (Å²) < 4.78 is 0. The van der Waals surface area contributed by atoms with Gasteiger partial charge in [-0.2, -0.15) is 0 Å². The molecule has 3 heteroatoms. The molecule has 0 amide bonds. The van der Waals surface area contributed by atoms with Crippen molar-refractivity contribution in [2.75, 3.05) is 11.9 Å². The van der Waals surface area contributed by atoms with Crippen molar-refractivity contribution in [3.63, 3.8) is 0 Å². The standard InChI is InChI=1S/C21H24N2O/c1-5-15-10-12-16(13-11-15)18-14-21(24-22-18)20(2,3)17-8-6-7-9-19(17)23(21)4/h6-14,22H,5H2,1-4H3/t21-/m1/s1. The van der Waals surface area contributed by atoms with Gasteiger partial charge in [-0.05, 0) is 35.3 Å². The molecule has 3 nitrogen and oxygen atoms in total. The normalized spacial score (nSPS) is 24.0. The predicted octanol–water partition coefficient (Wildman–Crippen LogP) is 4.25. The summed E-state index contributed by atoms with van der Waals surface area (Å²) >= 11 is 0. The number of hydroxylamine groups is 1. The number of hydrogen-bond donors (Lipinski definition) is 1. The first kappa shape index (κ1) is 15.3. The summed E-state index contributed by atoms with van der Waals surface area (Å²) in [6, 6.07) is 17.2. The zero-order chi connectivity index (χ0) is 16.9. The predicted molar refractivity (Wildman–Crippen MR) is 98.6 cm³/mol. The van der Waals surface area contributed by atoms with Crippen LogP contribution in [0.2, 0.25) is 0 Å². The molecule has 0 aromatic heterocycles. The number of hydrogen-bond acceptors (Lipinski definition) is 3. The number of fused-ring (bicyclic) bond motifs is 1. The Morgan fingerprint density at radius 3 is 2.42 bits per heavy atom. The summed E-state index contributed by atoms with van der Waals surface area (Å²) in [5.41, 5.74) is 8.58. The van der Waals surface area contributed by atoms with Crippen molar-refractivity contribution < 1.29 is 4.84 Å². The molecule has 0 bridgehead atoms. The highest BCUT2D eigenvalue weighted by atomic mass is 16.7. The van der Waals surface area contributed by atoms with E-state index >= 15 is 0 Å². The molecule has 2 aliphatic rings. The molecule has 0 saturated carbocycles. The Balaban J connectivity index is 1.78. The fourth-order valence-corrected chi connectivity index (χ4v) is 4.01. The van der Waals surface area contributed by atoms with Gasteiger partial charge in [0.1, 0.15) is 0 Å². The minimum absolute atomic E-state index is 0.156. The molecule has 2 heterocycles. The summed E-state index contributed by atoms with van der Waals surface area (Å²) in [6.45, 7) is 6.67. The SMILES string of the molecule is CCc1ccc(C2=C[C@]3(ON2)N(C)c2ccccc2C3(C)C)cc1. The van der Waals surface area contributed by atoms with Gasteiger partial charge in [-0.25, -0.2) is 4.84 Å². The topological polar surface area (TPSA) is 24.5 Å². The Morgan fingerprint density at radius 1 is 1.04 bits per heavy atom. The summed E-state index contributed by atoms with van der Waals surface area (Å²) in [4.78, 5) is 8.46. The Bertz CT molecular complexity index is 807. The van der Waals surface area contributed by atoms with Crippen LogP contribution in [0.5, 0.6) is 0 Å². The monoisotopic (exact) mass is 320 g/mol. The summed E-state index contributed by atoms with van der Waals surface area (Å²) in [7, 11) is 2.11. The molecule has 4 rings (SSSR count). The molecule has 2 aliphatic heterocycles. The number of nitrogens with zero attached hydrogens (tertiary/aromatic N) is 1. The number of aryl methyl sites for hydroxylation is 1. The first-order valence-electron chi connectivity index (χ1n) is 8.59. The molecule has 1 N–H and O–H groups in total. The lowest BCUT2D eigenvalue weighted by Gasteiger charge is -2.39. The molecule has 124 valence electrons. The highest BCUT2D eigenvalue weighted by Gasteiger charge is 2.58. The summed E-state index contributed by atoms with van der Waals surface area (Å²) in [5, 5.41) is 0. The zero-order valence-corrected chi connectivity index (χ0v) is 14.8. The van der Waals surface area contributed by atoms with Gasteiger partial charge >= 0.3 is 0 Å². The van der Waals surface area contributed by atoms with E-state index in [9.17, 15) is 0 Å². The van der Waals surface area contributed by atoms with Crippen molar-refractivity contribution in [2.45, 2.75) is 38.3 Å². The fraction of sp³-hybridized carbons (Fsp3) is 0.333. The molecule has 0 fully saturated rings. The molecule has 0 saturated heterocycles. The molecule has 1 atom stereocenters. The highest BCUT2D eigenvalue weighted by molar-refractivity contribution is 5.73. The lowest BCUT2D eigenvalue weighted by Crippen LogP contribution is -2.54. The van der Waals surface area contributed by atoms with Crippen LogP contribution in [0.3, 0.4) is 0 Å². The van der Waals surface area contributed by atoms with Crippen molar-refractivity contribution in [3.8, 4) is 0 Å². The van der Waals surface area contributed by atoms with Crippen molar-refractivity contribution in [2.24, 2.45) is 0 Å². The van der Waals surface area contributed by atoms with Gasteiger partial charge in [0.05, 0.1) is 5.70 Å². The van der Waals surface area contributed by atoms with Crippen LogP contribution in [0.15, 0.2) is 54.6 Å². The number of anilines is 1. The van der Waals surface area contributed by atoms with Gasteiger partial charge in [-0.15, -0.1) is 0 Å². The maximum absolute atomic E-state index is 6.22. The van der Waals surface area contributed by atoms with E-state index in [0.29, 0.717) is 0 Å². The van der Waals surface area contributed by atoms with E-state index < -0.39 is 5.72 Å². The third-order valence-corrected chi connectivity index (χ3v) is 5.66. The second-order valence-corrected chi connectivity index (χ2v) is 7.21. The number of nitrogens with one attached hydrogen (secondary N) is 1. The van der Waals surface area contributed by atoms with E-state index in [1.54, 1.807) is 0 Å². The average Bonchev–Trinajstić information content (AvgIpc) is 3.13. The van der Waals surface area contributed by atoms with E-state index in [-0.39, 0.29) is 5.41 Å². The van der Waals surface area contributed by atoms with Crippen LogP contribution in [0.25, 0.3) is 5.70 Å². The van der Waals surface area contributed by atoms with Crippen LogP contribution in [0, 0.1) is 0 Å². The molecule has 2 aromatic carbocycles. The van der Waals surface area contributed by atoms with Gasteiger partial charge in [0.25, 0.3) is 0 Å². The number of benzene rings is 2. The van der Waals surface area contributed by atoms with E-state index in [1.165, 1.54) is 16.8 Å². The summed E-state index contributed by atoms with van der Waals surface area (Å²) in [5.74, 6) is 0. The van der Waals surface area contributed by atoms with Crippen LogP contribution >= 0.6 is 0 Å². The van der Waals surface area contributed by atoms with Gasteiger partial charge in [-0.3, -0.25) is 5.48 Å². The minimum Gasteiger partial charge on any atom is -0.340 e. The second-order valence-electron chi connectivity index (χ2n) is 7.21. The van der Waals surface area contributed by atoms with Crippen molar-refractivity contribution in [3.05, 3.63) is 71.3 Å². The third-order valence-electron chi connectivity index (χ3n) is 5.66. The van der Waals surface area contributed by atoms with Crippen LogP contribution in [0.4, 0.5) is 5.69 Å². The van der Waals surface area contributed by atoms with Crippen LogP contribution < -0.4 is 10.4 Å². The maximum atomic E-state index is 6.22. The second kappa shape index (κ2) is 5.12. The molecule has 2 aromatic rings. The number of para-hydroxylation sites is 1. The van der Waals surface area contributed by atoms with Crippen molar-refractivity contribution in [1.29, 1.82) is 0 Å². The first-order chi connectivity index (χ1) is 11.5. The Hall–Kier alpha value is -2.26. The van der Waals surface area contributed by atoms with Gasteiger partial charge < -0.3 is 4.90 Å². The molecular formula is C21H24N2O. The van der Waals surface area contributed by atoms with Gasteiger partial charge in [0.15, 0.2) is 5.72 Å². The van der Waals surface area contributed by atoms with Crippen molar-refractivity contribution >= 4 is 11.4 Å². The van der Waals surface area contributed by atoms with E-state index in [1.807, 2.05) is 0 Å². The maximum Gasteiger partial charge on any atom is 0.197 e. The minimum atomic E-state index is -0.518. The molecular weight excluding hydrogens is 296 g/mol. The van der Waals surface area contributed by atoms with Gasteiger partial charge in [0.2, 0.25) is 0 Å². The smallest absolute Gasteiger partial charge is 0.197 e. The van der Waals surface area contributed by atoms with E-state index in [0.717, 1.165) is 17.7 Å². The number of likely N-dealkylation sites (N-methyl/N-ethyl adjacent to an activating group) is 1. The molecule has 0 aliphatic carbocycles. The molecule has 24 heavy (non-hydrogen) atoms. The lowest BCUT2D eigenvalue weighted by molar-refractivity contribution is -0.0678. The lowest BCUT2D eigenvalue weighted by atomic mass is 9.77. The Morgan fingerprint density at radius 2 is 1.75 bits per heavy atom. The summed E-state index contributed by atoms with van der Waals surface area (Å²) in [6.07, 6.45) is 3.28. The number of rotatable bonds is 2.